The topological polar surface area (TPSA) is 68.7 Å². The second-order valence-electron chi connectivity index (χ2n) is 6.73. The molecule has 1 amide bonds. The standard InChI is InChI=1S/C21H22N4O2S/c26-18-8-6-17(7-9-18)25-12-10-24(11-13-25)14-20(27)23-21-22-19(15-28-21)16-4-2-1-3-5-16/h1-9,15,26H,10-14H2,(H,22,23,27). The highest BCUT2D eigenvalue weighted by Crippen LogP contribution is 2.24. The molecular formula is C21H22N4O2S. The summed E-state index contributed by atoms with van der Waals surface area (Å²) in [5.41, 5.74) is 3.02. The molecule has 28 heavy (non-hydrogen) atoms. The largest absolute Gasteiger partial charge is 0.508 e. The Morgan fingerprint density at radius 2 is 1.75 bits per heavy atom. The van der Waals surface area contributed by atoms with E-state index in [1.54, 1.807) is 12.1 Å². The van der Waals surface area contributed by atoms with Gasteiger partial charge in [0.05, 0.1) is 12.2 Å². The fourth-order valence-electron chi connectivity index (χ4n) is 3.26. The van der Waals surface area contributed by atoms with Crippen LogP contribution in [-0.2, 0) is 4.79 Å². The second-order valence-corrected chi connectivity index (χ2v) is 7.59. The number of nitrogens with one attached hydrogen (secondary N) is 1. The Hall–Kier alpha value is -2.90. The number of rotatable bonds is 5. The number of nitrogens with zero attached hydrogens (tertiary/aromatic N) is 3. The van der Waals surface area contributed by atoms with Crippen molar-refractivity contribution >= 4 is 28.1 Å². The van der Waals surface area contributed by atoms with Crippen LogP contribution in [0.3, 0.4) is 0 Å². The van der Waals surface area contributed by atoms with Crippen LogP contribution in [0.25, 0.3) is 11.3 Å². The zero-order valence-electron chi connectivity index (χ0n) is 15.4. The molecule has 144 valence electrons. The summed E-state index contributed by atoms with van der Waals surface area (Å²) in [6.45, 7) is 3.72. The molecule has 0 radical (unpaired) electrons. The quantitative estimate of drug-likeness (QED) is 0.695. The molecule has 0 aliphatic carbocycles. The number of aromatic hydroxyl groups is 1. The highest BCUT2D eigenvalue weighted by molar-refractivity contribution is 7.14. The summed E-state index contributed by atoms with van der Waals surface area (Å²) in [7, 11) is 0. The number of hydrogen-bond acceptors (Lipinski definition) is 6. The van der Waals surface area contributed by atoms with Gasteiger partial charge in [0, 0.05) is 42.8 Å². The Morgan fingerprint density at radius 1 is 1.04 bits per heavy atom. The summed E-state index contributed by atoms with van der Waals surface area (Å²) in [5.74, 6) is 0.240. The van der Waals surface area contributed by atoms with E-state index in [1.807, 2.05) is 47.8 Å². The van der Waals surface area contributed by atoms with Crippen molar-refractivity contribution in [3.8, 4) is 17.0 Å². The lowest BCUT2D eigenvalue weighted by atomic mass is 10.2. The zero-order valence-corrected chi connectivity index (χ0v) is 16.2. The molecule has 1 aliphatic rings. The molecule has 3 aromatic rings. The van der Waals surface area contributed by atoms with Gasteiger partial charge >= 0.3 is 0 Å². The molecule has 1 aliphatic heterocycles. The van der Waals surface area contributed by atoms with Crippen LogP contribution in [0.4, 0.5) is 10.8 Å². The van der Waals surface area contributed by atoms with E-state index in [-0.39, 0.29) is 11.7 Å². The number of phenols is 1. The maximum absolute atomic E-state index is 12.4. The predicted molar refractivity (Wildman–Crippen MR) is 113 cm³/mol. The van der Waals surface area contributed by atoms with E-state index in [0.717, 1.165) is 43.1 Å². The number of piperazine rings is 1. The molecule has 4 rings (SSSR count). The van der Waals surface area contributed by atoms with Crippen LogP contribution in [0, 0.1) is 0 Å². The normalized spacial score (nSPS) is 14.8. The van der Waals surface area contributed by atoms with Crippen molar-refractivity contribution in [2.75, 3.05) is 42.9 Å². The summed E-state index contributed by atoms with van der Waals surface area (Å²) >= 11 is 1.44. The minimum atomic E-state index is -0.0351. The number of phenolic OH excluding ortho intramolecular Hbond substituents is 1. The molecule has 6 nitrogen and oxygen atoms in total. The Bertz CT molecular complexity index is 919. The van der Waals surface area contributed by atoms with Crippen molar-refractivity contribution in [2.24, 2.45) is 0 Å². The van der Waals surface area contributed by atoms with Crippen molar-refractivity contribution in [1.29, 1.82) is 0 Å². The lowest BCUT2D eigenvalue weighted by Crippen LogP contribution is -2.48. The Balaban J connectivity index is 1.27. The number of aromatic nitrogens is 1. The van der Waals surface area contributed by atoms with E-state index in [2.05, 4.69) is 20.1 Å². The van der Waals surface area contributed by atoms with Crippen molar-refractivity contribution in [3.05, 3.63) is 60.0 Å². The van der Waals surface area contributed by atoms with Crippen molar-refractivity contribution in [1.82, 2.24) is 9.88 Å². The van der Waals surface area contributed by atoms with Crippen LogP contribution in [-0.4, -0.2) is 53.6 Å². The molecule has 0 saturated carbocycles. The fraction of sp³-hybridized carbons (Fsp3) is 0.238. The lowest BCUT2D eigenvalue weighted by molar-refractivity contribution is -0.117. The van der Waals surface area contributed by atoms with Crippen LogP contribution in [0.15, 0.2) is 60.0 Å². The number of benzene rings is 2. The average Bonchev–Trinajstić information content (AvgIpc) is 3.18. The van der Waals surface area contributed by atoms with Crippen molar-refractivity contribution < 1.29 is 9.90 Å². The zero-order chi connectivity index (χ0) is 19.3. The van der Waals surface area contributed by atoms with Gasteiger partial charge in [-0.25, -0.2) is 4.98 Å². The Labute approximate surface area is 168 Å². The van der Waals surface area contributed by atoms with Crippen LogP contribution in [0.5, 0.6) is 5.75 Å². The minimum Gasteiger partial charge on any atom is -0.508 e. The van der Waals surface area contributed by atoms with Crippen LogP contribution in [0.2, 0.25) is 0 Å². The molecule has 0 spiro atoms. The highest BCUT2D eigenvalue weighted by Gasteiger charge is 2.19. The van der Waals surface area contributed by atoms with E-state index in [0.29, 0.717) is 11.7 Å². The molecule has 2 heterocycles. The van der Waals surface area contributed by atoms with Gasteiger partial charge in [0.25, 0.3) is 0 Å². The smallest absolute Gasteiger partial charge is 0.240 e. The van der Waals surface area contributed by atoms with Gasteiger partial charge in [0.15, 0.2) is 5.13 Å². The minimum absolute atomic E-state index is 0.0351. The van der Waals surface area contributed by atoms with Crippen molar-refractivity contribution in [2.45, 2.75) is 0 Å². The number of anilines is 2. The third kappa shape index (κ3) is 4.49. The van der Waals surface area contributed by atoms with Gasteiger partial charge in [-0.2, -0.15) is 0 Å². The predicted octanol–water partition coefficient (Wildman–Crippen LogP) is 3.28. The van der Waals surface area contributed by atoms with Gasteiger partial charge in [-0.1, -0.05) is 30.3 Å². The van der Waals surface area contributed by atoms with Gasteiger partial charge in [0.2, 0.25) is 5.91 Å². The Morgan fingerprint density at radius 3 is 2.46 bits per heavy atom. The van der Waals surface area contributed by atoms with Crippen LogP contribution < -0.4 is 10.2 Å². The second kappa shape index (κ2) is 8.41. The van der Waals surface area contributed by atoms with Gasteiger partial charge in [-0.05, 0) is 24.3 Å². The number of amides is 1. The van der Waals surface area contributed by atoms with Gasteiger partial charge in [-0.15, -0.1) is 11.3 Å². The number of hydrogen-bond donors (Lipinski definition) is 2. The third-order valence-electron chi connectivity index (χ3n) is 4.77. The molecular weight excluding hydrogens is 372 g/mol. The van der Waals surface area contributed by atoms with E-state index in [9.17, 15) is 9.90 Å². The van der Waals surface area contributed by atoms with Crippen molar-refractivity contribution in [3.63, 3.8) is 0 Å². The molecule has 1 fully saturated rings. The molecule has 1 aromatic heterocycles. The summed E-state index contributed by atoms with van der Waals surface area (Å²) in [4.78, 5) is 21.3. The Kier molecular flexibility index (Phi) is 5.55. The van der Waals surface area contributed by atoms with Gasteiger partial charge < -0.3 is 15.3 Å². The molecule has 2 N–H and O–H groups in total. The first-order valence-electron chi connectivity index (χ1n) is 9.24. The van der Waals surface area contributed by atoms with E-state index in [1.165, 1.54) is 11.3 Å². The fourth-order valence-corrected chi connectivity index (χ4v) is 4.00. The van der Waals surface area contributed by atoms with Crippen LogP contribution in [0.1, 0.15) is 0 Å². The van der Waals surface area contributed by atoms with E-state index in [4.69, 9.17) is 0 Å². The van der Waals surface area contributed by atoms with Gasteiger partial charge in [-0.3, -0.25) is 9.69 Å². The highest BCUT2D eigenvalue weighted by atomic mass is 32.1. The molecule has 7 heteroatoms. The maximum atomic E-state index is 12.4. The first-order valence-corrected chi connectivity index (χ1v) is 10.1. The monoisotopic (exact) mass is 394 g/mol. The van der Waals surface area contributed by atoms with Gasteiger partial charge in [0.1, 0.15) is 5.75 Å². The molecule has 0 bridgehead atoms. The summed E-state index contributed by atoms with van der Waals surface area (Å²) < 4.78 is 0. The summed E-state index contributed by atoms with van der Waals surface area (Å²) in [6, 6.07) is 17.2. The first-order chi connectivity index (χ1) is 13.7. The lowest BCUT2D eigenvalue weighted by Gasteiger charge is -2.35. The molecule has 0 atom stereocenters. The number of thiazole rings is 1. The molecule has 1 saturated heterocycles. The van der Waals surface area contributed by atoms with Crippen LogP contribution >= 0.6 is 11.3 Å². The number of carbonyl (C=O) groups excluding carboxylic acids is 1. The maximum Gasteiger partial charge on any atom is 0.240 e. The SMILES string of the molecule is O=C(CN1CCN(c2ccc(O)cc2)CC1)Nc1nc(-c2ccccc2)cs1. The van der Waals surface area contributed by atoms with E-state index < -0.39 is 0 Å². The summed E-state index contributed by atoms with van der Waals surface area (Å²) in [5, 5.41) is 14.9. The average molecular weight is 395 g/mol. The molecule has 0 unspecified atom stereocenters. The number of carbonyl (C=O) groups is 1. The molecule has 2 aromatic carbocycles. The third-order valence-corrected chi connectivity index (χ3v) is 5.53. The first kappa shape index (κ1) is 18.5. The summed E-state index contributed by atoms with van der Waals surface area (Å²) in [6.07, 6.45) is 0. The van der Waals surface area contributed by atoms with E-state index >= 15 is 0 Å².